The minimum atomic E-state index is -1.57. The van der Waals surface area contributed by atoms with Gasteiger partial charge in [-0.05, 0) is 37.0 Å². The first-order valence-corrected chi connectivity index (χ1v) is 8.88. The smallest absolute Gasteiger partial charge is 0.313 e. The van der Waals surface area contributed by atoms with Crippen LogP contribution in [0.3, 0.4) is 0 Å². The second-order valence-electron chi connectivity index (χ2n) is 8.93. The molecular weight excluding hydrogens is 304 g/mol. The number of carboxylic acid groups (broad SMARTS) is 1. The summed E-state index contributed by atoms with van der Waals surface area (Å²) in [6, 6.07) is 0. The number of ketones is 1. The summed E-state index contributed by atoms with van der Waals surface area (Å²) in [6.45, 7) is 9.90. The van der Waals surface area contributed by atoms with E-state index in [0.29, 0.717) is 24.8 Å². The first kappa shape index (κ1) is 17.4. The highest BCUT2D eigenvalue weighted by Gasteiger charge is 2.70. The van der Waals surface area contributed by atoms with E-state index in [2.05, 4.69) is 6.58 Å². The number of aliphatic hydroxyl groups is 1. The molecule has 132 valence electrons. The van der Waals surface area contributed by atoms with Crippen molar-refractivity contribution in [1.82, 2.24) is 0 Å². The van der Waals surface area contributed by atoms with Crippen LogP contribution in [0.25, 0.3) is 0 Å². The Balaban J connectivity index is 2.24. The first-order chi connectivity index (χ1) is 11.0. The number of fused-ring (bicyclic) bond motifs is 3. The van der Waals surface area contributed by atoms with E-state index in [1.165, 1.54) is 0 Å². The molecule has 3 rings (SSSR count). The average molecular weight is 332 g/mol. The van der Waals surface area contributed by atoms with Crippen molar-refractivity contribution in [3.63, 3.8) is 0 Å². The number of carbonyl (C=O) groups excluding carboxylic acids is 1. The van der Waals surface area contributed by atoms with E-state index in [-0.39, 0.29) is 29.0 Å². The molecule has 4 atom stereocenters. The van der Waals surface area contributed by atoms with Crippen molar-refractivity contribution in [2.24, 2.45) is 22.2 Å². The third kappa shape index (κ3) is 2.01. The molecule has 0 aromatic rings. The summed E-state index contributed by atoms with van der Waals surface area (Å²) in [6.07, 6.45) is 6.77. The van der Waals surface area contributed by atoms with Gasteiger partial charge in [-0.25, -0.2) is 0 Å². The Bertz CT molecular complexity index is 646. The number of hydrogen-bond acceptors (Lipinski definition) is 3. The Morgan fingerprint density at radius 1 is 1.25 bits per heavy atom. The van der Waals surface area contributed by atoms with Gasteiger partial charge in [0.25, 0.3) is 0 Å². The highest BCUT2D eigenvalue weighted by Crippen LogP contribution is 2.65. The van der Waals surface area contributed by atoms with Crippen LogP contribution in [0.2, 0.25) is 0 Å². The van der Waals surface area contributed by atoms with Crippen LogP contribution in [0.1, 0.15) is 59.3 Å². The monoisotopic (exact) mass is 332 g/mol. The van der Waals surface area contributed by atoms with E-state index in [4.69, 9.17) is 0 Å². The minimum absolute atomic E-state index is 0.0953. The molecule has 0 radical (unpaired) electrons. The normalized spacial score (nSPS) is 44.1. The SMILES string of the molecule is C=C[C@]1(C)C=C2C(=O)C[C@H]3C(C)(C)CCC[C@]3(C(=O)O)[C@@]2(O)CC1. The molecule has 0 spiro atoms. The van der Waals surface area contributed by atoms with Crippen LogP contribution in [0, 0.1) is 22.2 Å². The molecule has 0 bridgehead atoms. The predicted molar refractivity (Wildman–Crippen MR) is 91.4 cm³/mol. The molecule has 4 heteroatoms. The summed E-state index contributed by atoms with van der Waals surface area (Å²) in [4.78, 5) is 25.4. The topological polar surface area (TPSA) is 74.6 Å². The standard InChI is InChI=1S/C20H28O4/c1-5-18(4)9-10-20(24)13(12-18)14(21)11-15-17(2,3)7-6-8-19(15,20)16(22)23/h5,12,15,24H,1,6-11H2,2-4H3,(H,22,23)/t15-,18-,19-,20+/m0/s1. The van der Waals surface area contributed by atoms with Gasteiger partial charge in [0.1, 0.15) is 11.0 Å². The molecule has 0 saturated heterocycles. The van der Waals surface area contributed by atoms with E-state index in [9.17, 15) is 19.8 Å². The first-order valence-electron chi connectivity index (χ1n) is 8.88. The minimum Gasteiger partial charge on any atom is -0.481 e. The van der Waals surface area contributed by atoms with E-state index in [1.54, 1.807) is 12.2 Å². The largest absolute Gasteiger partial charge is 0.481 e. The molecular formula is C20H28O4. The Morgan fingerprint density at radius 2 is 1.92 bits per heavy atom. The van der Waals surface area contributed by atoms with E-state index < -0.39 is 17.0 Å². The van der Waals surface area contributed by atoms with Crippen molar-refractivity contribution >= 4 is 11.8 Å². The maximum Gasteiger partial charge on any atom is 0.313 e. The number of hydrogen-bond donors (Lipinski definition) is 2. The van der Waals surface area contributed by atoms with Gasteiger partial charge >= 0.3 is 5.97 Å². The quantitative estimate of drug-likeness (QED) is 0.759. The zero-order chi connectivity index (χ0) is 18.0. The molecule has 0 heterocycles. The Morgan fingerprint density at radius 3 is 2.50 bits per heavy atom. The van der Waals surface area contributed by atoms with E-state index >= 15 is 0 Å². The number of aliphatic carboxylic acids is 1. The molecule has 2 saturated carbocycles. The molecule has 3 aliphatic carbocycles. The molecule has 4 nitrogen and oxygen atoms in total. The molecule has 0 amide bonds. The van der Waals surface area contributed by atoms with Crippen molar-refractivity contribution in [2.45, 2.75) is 64.9 Å². The predicted octanol–water partition coefficient (Wildman–Crippen LogP) is 3.50. The fourth-order valence-electron chi connectivity index (χ4n) is 5.55. The Kier molecular flexibility index (Phi) is 3.66. The fourth-order valence-corrected chi connectivity index (χ4v) is 5.55. The summed E-state index contributed by atoms with van der Waals surface area (Å²) in [5.41, 5.74) is -3.16. The molecule has 24 heavy (non-hydrogen) atoms. The van der Waals surface area contributed by atoms with Gasteiger partial charge in [-0.3, -0.25) is 9.59 Å². The van der Waals surface area contributed by atoms with Crippen LogP contribution in [-0.2, 0) is 9.59 Å². The summed E-state index contributed by atoms with van der Waals surface area (Å²) >= 11 is 0. The lowest BCUT2D eigenvalue weighted by atomic mass is 9.42. The van der Waals surface area contributed by atoms with Crippen LogP contribution in [0.5, 0.6) is 0 Å². The lowest BCUT2D eigenvalue weighted by Crippen LogP contribution is -2.67. The van der Waals surface area contributed by atoms with Gasteiger partial charge in [0.2, 0.25) is 0 Å². The molecule has 0 aromatic carbocycles. The lowest BCUT2D eigenvalue weighted by Gasteiger charge is -2.61. The second kappa shape index (κ2) is 5.04. The molecule has 3 aliphatic rings. The summed E-state index contributed by atoms with van der Waals surface area (Å²) in [5, 5.41) is 21.8. The zero-order valence-corrected chi connectivity index (χ0v) is 14.9. The molecule has 0 unspecified atom stereocenters. The number of rotatable bonds is 2. The van der Waals surface area contributed by atoms with Gasteiger partial charge in [-0.15, -0.1) is 6.58 Å². The van der Waals surface area contributed by atoms with Crippen molar-refractivity contribution in [3.8, 4) is 0 Å². The van der Waals surface area contributed by atoms with Gasteiger partial charge < -0.3 is 10.2 Å². The van der Waals surface area contributed by atoms with Crippen molar-refractivity contribution < 1.29 is 19.8 Å². The molecule has 0 aromatic heterocycles. The highest BCUT2D eigenvalue weighted by atomic mass is 16.4. The molecule has 2 fully saturated rings. The van der Waals surface area contributed by atoms with Gasteiger partial charge in [-0.2, -0.15) is 0 Å². The van der Waals surface area contributed by atoms with E-state index in [0.717, 1.165) is 12.8 Å². The average Bonchev–Trinajstić information content (AvgIpc) is 2.50. The van der Waals surface area contributed by atoms with E-state index in [1.807, 2.05) is 20.8 Å². The molecule has 2 N–H and O–H groups in total. The van der Waals surface area contributed by atoms with Crippen LogP contribution in [0.4, 0.5) is 0 Å². The second-order valence-corrected chi connectivity index (χ2v) is 8.93. The third-order valence-corrected chi connectivity index (χ3v) is 7.15. The van der Waals surface area contributed by atoms with Crippen molar-refractivity contribution in [1.29, 1.82) is 0 Å². The maximum absolute atomic E-state index is 12.9. The van der Waals surface area contributed by atoms with Gasteiger partial charge in [0.05, 0.1) is 0 Å². The highest BCUT2D eigenvalue weighted by molar-refractivity contribution is 6.02. The van der Waals surface area contributed by atoms with Crippen LogP contribution >= 0.6 is 0 Å². The fraction of sp³-hybridized carbons (Fsp3) is 0.700. The zero-order valence-electron chi connectivity index (χ0n) is 14.9. The van der Waals surface area contributed by atoms with Crippen molar-refractivity contribution in [3.05, 3.63) is 24.3 Å². The van der Waals surface area contributed by atoms with Gasteiger partial charge in [-0.1, -0.05) is 39.3 Å². The number of Topliss-reactive ketones (excluding diaryl/α,β-unsaturated/α-hetero) is 1. The van der Waals surface area contributed by atoms with Crippen LogP contribution in [-0.4, -0.2) is 27.6 Å². The summed E-state index contributed by atoms with van der Waals surface area (Å²) in [5.74, 6) is -1.38. The Labute approximate surface area is 143 Å². The summed E-state index contributed by atoms with van der Waals surface area (Å²) < 4.78 is 0. The third-order valence-electron chi connectivity index (χ3n) is 7.15. The molecule has 0 aliphatic heterocycles. The number of carbonyl (C=O) groups is 2. The number of allylic oxidation sites excluding steroid dienone is 2. The van der Waals surface area contributed by atoms with Gasteiger partial charge in [0, 0.05) is 17.4 Å². The summed E-state index contributed by atoms with van der Waals surface area (Å²) in [7, 11) is 0. The number of carboxylic acids is 1. The lowest BCUT2D eigenvalue weighted by molar-refractivity contribution is -0.202. The van der Waals surface area contributed by atoms with Crippen LogP contribution < -0.4 is 0 Å². The van der Waals surface area contributed by atoms with Crippen molar-refractivity contribution in [2.75, 3.05) is 0 Å². The van der Waals surface area contributed by atoms with Gasteiger partial charge in [0.15, 0.2) is 5.78 Å². The Hall–Kier alpha value is -1.42. The van der Waals surface area contributed by atoms with Crippen LogP contribution in [0.15, 0.2) is 24.3 Å². The maximum atomic E-state index is 12.9.